The fourth-order valence-electron chi connectivity index (χ4n) is 3.82. The summed E-state index contributed by atoms with van der Waals surface area (Å²) in [5.74, 6) is 1.57. The fraction of sp³-hybridized carbons (Fsp3) is 0.409. The lowest BCUT2D eigenvalue weighted by atomic mass is 9.92. The molecule has 1 aromatic carbocycles. The Morgan fingerprint density at radius 1 is 1.21 bits per heavy atom. The molecular formula is C22H27FN6. The van der Waals surface area contributed by atoms with E-state index in [1.807, 2.05) is 12.3 Å². The Morgan fingerprint density at radius 2 is 2.07 bits per heavy atom. The van der Waals surface area contributed by atoms with Crippen LogP contribution < -0.4 is 16.4 Å². The molecule has 6 nitrogen and oxygen atoms in total. The molecule has 0 radical (unpaired) electrons. The molecule has 1 fully saturated rings. The number of rotatable bonds is 5. The number of benzene rings is 1. The van der Waals surface area contributed by atoms with Gasteiger partial charge in [0, 0.05) is 31.1 Å². The Labute approximate surface area is 170 Å². The van der Waals surface area contributed by atoms with Gasteiger partial charge < -0.3 is 16.4 Å². The van der Waals surface area contributed by atoms with E-state index in [-0.39, 0.29) is 11.7 Å². The predicted molar refractivity (Wildman–Crippen MR) is 113 cm³/mol. The Hall–Kier alpha value is -2.80. The highest BCUT2D eigenvalue weighted by molar-refractivity contribution is 5.85. The zero-order chi connectivity index (χ0) is 20.1. The van der Waals surface area contributed by atoms with Gasteiger partial charge in [-0.15, -0.1) is 0 Å². The topological polar surface area (TPSA) is 88.2 Å². The smallest absolute Gasteiger partial charge is 0.145 e. The minimum Gasteiger partial charge on any atom is -0.365 e. The molecule has 1 atom stereocenters. The van der Waals surface area contributed by atoms with Gasteiger partial charge in [0.15, 0.2) is 0 Å². The largest absolute Gasteiger partial charge is 0.365 e. The number of anilines is 1. The number of halogens is 1. The van der Waals surface area contributed by atoms with Gasteiger partial charge in [-0.1, -0.05) is 18.2 Å². The van der Waals surface area contributed by atoms with Crippen molar-refractivity contribution in [2.24, 2.45) is 10.7 Å². The SMILES string of the molecule is NC1CCC(N=C2CC(c3cncc(NCc4cccc(F)c4)n3)C=CN2)CC1. The molecule has 0 amide bonds. The van der Waals surface area contributed by atoms with Gasteiger partial charge in [-0.3, -0.25) is 9.98 Å². The third-order valence-electron chi connectivity index (χ3n) is 5.47. The van der Waals surface area contributed by atoms with Crippen molar-refractivity contribution in [1.82, 2.24) is 15.3 Å². The molecule has 0 bridgehead atoms. The van der Waals surface area contributed by atoms with E-state index in [9.17, 15) is 4.39 Å². The van der Waals surface area contributed by atoms with E-state index in [2.05, 4.69) is 21.7 Å². The molecule has 0 spiro atoms. The van der Waals surface area contributed by atoms with E-state index in [1.54, 1.807) is 18.5 Å². The molecule has 2 heterocycles. The van der Waals surface area contributed by atoms with Gasteiger partial charge in [0.1, 0.15) is 17.5 Å². The zero-order valence-electron chi connectivity index (χ0n) is 16.4. The highest BCUT2D eigenvalue weighted by Gasteiger charge is 2.21. The number of hydrogen-bond acceptors (Lipinski definition) is 5. The standard InChI is InChI=1S/C22H27FN6/c23-17-3-1-2-15(10-17)12-27-22-14-25-13-20(29-22)16-8-9-26-21(11-16)28-19-6-4-18(24)5-7-19/h1-3,8-10,13-14,16,18-19H,4-7,11-12,24H2,(H,26,28)(H,27,29). The first-order valence-electron chi connectivity index (χ1n) is 10.2. The van der Waals surface area contributed by atoms with Crippen LogP contribution in [0.5, 0.6) is 0 Å². The molecule has 1 unspecified atom stereocenters. The average molecular weight is 394 g/mol. The summed E-state index contributed by atoms with van der Waals surface area (Å²) in [6.45, 7) is 0.495. The van der Waals surface area contributed by atoms with Crippen LogP contribution in [0.25, 0.3) is 0 Å². The van der Waals surface area contributed by atoms with Crippen LogP contribution in [0.4, 0.5) is 10.2 Å². The lowest BCUT2D eigenvalue weighted by Crippen LogP contribution is -2.31. The van der Waals surface area contributed by atoms with E-state index in [1.165, 1.54) is 12.1 Å². The molecule has 2 aromatic rings. The summed E-state index contributed by atoms with van der Waals surface area (Å²) < 4.78 is 13.3. The van der Waals surface area contributed by atoms with Crippen LogP contribution in [0, 0.1) is 5.82 Å². The van der Waals surface area contributed by atoms with Crippen LogP contribution in [-0.2, 0) is 6.54 Å². The number of allylic oxidation sites excluding steroid dienone is 1. The Bertz CT molecular complexity index is 888. The summed E-state index contributed by atoms with van der Waals surface area (Å²) in [4.78, 5) is 14.0. The molecule has 1 aliphatic heterocycles. The van der Waals surface area contributed by atoms with Crippen LogP contribution in [-0.4, -0.2) is 27.9 Å². The molecule has 1 saturated carbocycles. The maximum atomic E-state index is 13.3. The Balaban J connectivity index is 1.39. The van der Waals surface area contributed by atoms with E-state index in [0.717, 1.165) is 49.2 Å². The van der Waals surface area contributed by atoms with Crippen molar-refractivity contribution in [3.63, 3.8) is 0 Å². The minimum absolute atomic E-state index is 0.129. The van der Waals surface area contributed by atoms with Crippen molar-refractivity contribution in [2.45, 2.75) is 56.7 Å². The molecule has 0 saturated heterocycles. The summed E-state index contributed by atoms with van der Waals surface area (Å²) in [7, 11) is 0. The number of hydrogen-bond donors (Lipinski definition) is 3. The van der Waals surface area contributed by atoms with Crippen LogP contribution in [0.2, 0.25) is 0 Å². The second-order valence-corrected chi connectivity index (χ2v) is 7.77. The van der Waals surface area contributed by atoms with Gasteiger partial charge in [-0.25, -0.2) is 9.37 Å². The van der Waals surface area contributed by atoms with Crippen LogP contribution in [0.3, 0.4) is 0 Å². The van der Waals surface area contributed by atoms with Crippen LogP contribution in [0.1, 0.15) is 49.3 Å². The van der Waals surface area contributed by atoms with Crippen molar-refractivity contribution < 1.29 is 4.39 Å². The monoisotopic (exact) mass is 394 g/mol. The fourth-order valence-corrected chi connectivity index (χ4v) is 3.82. The lowest BCUT2D eigenvalue weighted by molar-refractivity contribution is 0.395. The molecule has 29 heavy (non-hydrogen) atoms. The van der Waals surface area contributed by atoms with Crippen molar-refractivity contribution in [1.29, 1.82) is 0 Å². The predicted octanol–water partition coefficient (Wildman–Crippen LogP) is 3.49. The summed E-state index contributed by atoms with van der Waals surface area (Å²) in [6, 6.07) is 7.22. The third kappa shape index (κ3) is 5.38. The molecule has 7 heteroatoms. The molecule has 4 N–H and O–H groups in total. The van der Waals surface area contributed by atoms with Crippen LogP contribution in [0.15, 0.2) is 53.9 Å². The highest BCUT2D eigenvalue weighted by atomic mass is 19.1. The third-order valence-corrected chi connectivity index (χ3v) is 5.47. The summed E-state index contributed by atoms with van der Waals surface area (Å²) in [5, 5.41) is 6.51. The maximum absolute atomic E-state index is 13.3. The molecule has 1 aliphatic carbocycles. The molecular weight excluding hydrogens is 367 g/mol. The van der Waals surface area contributed by atoms with E-state index in [4.69, 9.17) is 15.7 Å². The number of nitrogens with one attached hydrogen (secondary N) is 2. The summed E-state index contributed by atoms with van der Waals surface area (Å²) in [5.41, 5.74) is 7.75. The Morgan fingerprint density at radius 3 is 2.90 bits per heavy atom. The quantitative estimate of drug-likeness (QED) is 0.723. The first-order chi connectivity index (χ1) is 14.2. The number of aromatic nitrogens is 2. The van der Waals surface area contributed by atoms with E-state index in [0.29, 0.717) is 24.4 Å². The van der Waals surface area contributed by atoms with Gasteiger partial charge in [0.25, 0.3) is 0 Å². The second kappa shape index (κ2) is 9.13. The summed E-state index contributed by atoms with van der Waals surface area (Å²) >= 11 is 0. The Kier molecular flexibility index (Phi) is 6.14. The van der Waals surface area contributed by atoms with Gasteiger partial charge in [-0.2, -0.15) is 0 Å². The van der Waals surface area contributed by atoms with Gasteiger partial charge in [-0.05, 0) is 49.6 Å². The van der Waals surface area contributed by atoms with Crippen molar-refractivity contribution in [2.75, 3.05) is 5.32 Å². The molecule has 4 rings (SSSR count). The van der Waals surface area contributed by atoms with Gasteiger partial charge in [0.05, 0.1) is 17.9 Å². The average Bonchev–Trinajstić information content (AvgIpc) is 2.74. The van der Waals surface area contributed by atoms with Crippen LogP contribution >= 0.6 is 0 Å². The molecule has 1 aromatic heterocycles. The minimum atomic E-state index is -0.240. The van der Waals surface area contributed by atoms with Gasteiger partial charge in [0.2, 0.25) is 0 Å². The zero-order valence-corrected chi connectivity index (χ0v) is 16.4. The van der Waals surface area contributed by atoms with E-state index < -0.39 is 0 Å². The molecule has 2 aliphatic rings. The van der Waals surface area contributed by atoms with Gasteiger partial charge >= 0.3 is 0 Å². The summed E-state index contributed by atoms with van der Waals surface area (Å²) in [6.07, 6.45) is 12.5. The maximum Gasteiger partial charge on any atom is 0.145 e. The highest BCUT2D eigenvalue weighted by Crippen LogP contribution is 2.25. The number of nitrogens with zero attached hydrogens (tertiary/aromatic N) is 3. The van der Waals surface area contributed by atoms with Crippen molar-refractivity contribution in [3.05, 3.63) is 66.0 Å². The van der Waals surface area contributed by atoms with Crippen molar-refractivity contribution in [3.8, 4) is 0 Å². The van der Waals surface area contributed by atoms with Crippen molar-refractivity contribution >= 4 is 11.7 Å². The number of amidine groups is 1. The second-order valence-electron chi connectivity index (χ2n) is 7.77. The molecule has 152 valence electrons. The van der Waals surface area contributed by atoms with E-state index >= 15 is 0 Å². The number of aliphatic imine (C=N–C) groups is 1. The first-order valence-corrected chi connectivity index (χ1v) is 10.2. The number of nitrogens with two attached hydrogens (primary N) is 1. The lowest BCUT2D eigenvalue weighted by Gasteiger charge is -2.25. The first kappa shape index (κ1) is 19.5. The normalized spacial score (nSPS) is 25.6.